The first-order valence-electron chi connectivity index (χ1n) is 28.0. The summed E-state index contributed by atoms with van der Waals surface area (Å²) >= 11 is 0. The van der Waals surface area contributed by atoms with Gasteiger partial charge in [-0.2, -0.15) is 0 Å². The highest BCUT2D eigenvalue weighted by atomic mass is 16.6. The molecule has 0 aliphatic heterocycles. The first kappa shape index (κ1) is 66.0. The zero-order chi connectivity index (χ0) is 51.4. The first-order valence-corrected chi connectivity index (χ1v) is 28.0. The van der Waals surface area contributed by atoms with E-state index in [0.717, 1.165) is 96.3 Å². The Balaban J connectivity index is 4.64. The van der Waals surface area contributed by atoms with Crippen molar-refractivity contribution in [2.75, 3.05) is 13.2 Å². The summed E-state index contributed by atoms with van der Waals surface area (Å²) < 4.78 is 16.7. The van der Waals surface area contributed by atoms with Gasteiger partial charge in [0, 0.05) is 19.3 Å². The molecule has 0 heterocycles. The lowest BCUT2D eigenvalue weighted by atomic mass is 10.1. The molecule has 0 unspecified atom stereocenters. The van der Waals surface area contributed by atoms with Crippen LogP contribution in [-0.4, -0.2) is 37.2 Å². The number of allylic oxidation sites excluding steroid dienone is 26. The summed E-state index contributed by atoms with van der Waals surface area (Å²) in [7, 11) is 0. The van der Waals surface area contributed by atoms with Gasteiger partial charge in [-0.05, 0) is 122 Å². The number of esters is 3. The Bertz CT molecular complexity index is 1550. The normalized spacial score (nSPS) is 13.0. The van der Waals surface area contributed by atoms with Gasteiger partial charge in [-0.15, -0.1) is 0 Å². The van der Waals surface area contributed by atoms with E-state index in [1.54, 1.807) is 0 Å². The lowest BCUT2D eigenvalue weighted by Crippen LogP contribution is -2.30. The molecule has 0 rings (SSSR count). The van der Waals surface area contributed by atoms with Gasteiger partial charge in [0.25, 0.3) is 0 Å². The molecule has 0 aromatic rings. The van der Waals surface area contributed by atoms with Gasteiger partial charge in [0.15, 0.2) is 6.10 Å². The van der Waals surface area contributed by atoms with Crippen molar-refractivity contribution in [1.29, 1.82) is 0 Å². The van der Waals surface area contributed by atoms with Gasteiger partial charge in [-0.25, -0.2) is 0 Å². The molecule has 0 spiro atoms. The molecule has 0 aliphatic carbocycles. The molecule has 0 aromatic heterocycles. The maximum absolute atomic E-state index is 12.8. The monoisotopic (exact) mass is 977 g/mol. The van der Waals surface area contributed by atoms with Crippen LogP contribution in [-0.2, 0) is 28.6 Å². The molecular formula is C65H100O6. The molecule has 396 valence electrons. The number of hydrogen-bond acceptors (Lipinski definition) is 6. The molecule has 0 N–H and O–H groups in total. The minimum Gasteiger partial charge on any atom is -0.462 e. The van der Waals surface area contributed by atoms with Crippen LogP contribution < -0.4 is 0 Å². The van der Waals surface area contributed by atoms with E-state index in [1.165, 1.54) is 64.2 Å². The third kappa shape index (κ3) is 55.8. The molecule has 0 aliphatic rings. The van der Waals surface area contributed by atoms with Crippen molar-refractivity contribution in [1.82, 2.24) is 0 Å². The Labute approximate surface area is 435 Å². The topological polar surface area (TPSA) is 78.9 Å². The summed E-state index contributed by atoms with van der Waals surface area (Å²) in [4.78, 5) is 38.1. The van der Waals surface area contributed by atoms with Gasteiger partial charge in [0.05, 0.1) is 0 Å². The molecule has 0 saturated carbocycles. The van der Waals surface area contributed by atoms with Crippen molar-refractivity contribution in [2.45, 2.75) is 219 Å². The second-order valence-corrected chi connectivity index (χ2v) is 17.7. The Hall–Kier alpha value is -4.97. The van der Waals surface area contributed by atoms with E-state index >= 15 is 0 Å². The van der Waals surface area contributed by atoms with Crippen LogP contribution in [0.4, 0.5) is 0 Å². The zero-order valence-corrected chi connectivity index (χ0v) is 45.2. The first-order chi connectivity index (χ1) is 35.0. The van der Waals surface area contributed by atoms with Gasteiger partial charge < -0.3 is 14.2 Å². The number of carbonyl (C=O) groups is 3. The molecular weight excluding hydrogens is 877 g/mol. The zero-order valence-electron chi connectivity index (χ0n) is 45.2. The second kappa shape index (κ2) is 57.6. The number of carbonyl (C=O) groups excluding carboxylic acids is 3. The van der Waals surface area contributed by atoms with E-state index in [1.807, 2.05) is 24.3 Å². The molecule has 0 radical (unpaired) electrons. The summed E-state index contributed by atoms with van der Waals surface area (Å²) in [6.45, 7) is 6.24. The molecule has 0 bridgehead atoms. The van der Waals surface area contributed by atoms with Crippen LogP contribution in [0.1, 0.15) is 213 Å². The maximum atomic E-state index is 12.8. The Morgan fingerprint density at radius 3 is 0.915 bits per heavy atom. The van der Waals surface area contributed by atoms with Gasteiger partial charge in [0.1, 0.15) is 13.2 Å². The third-order valence-corrected chi connectivity index (χ3v) is 11.0. The fourth-order valence-electron chi connectivity index (χ4n) is 6.90. The highest BCUT2D eigenvalue weighted by molar-refractivity contribution is 5.71. The van der Waals surface area contributed by atoms with Crippen LogP contribution in [0, 0.1) is 0 Å². The number of rotatable bonds is 48. The van der Waals surface area contributed by atoms with Crippen molar-refractivity contribution in [3.8, 4) is 0 Å². The van der Waals surface area contributed by atoms with Gasteiger partial charge >= 0.3 is 17.9 Å². The minimum atomic E-state index is -0.850. The second-order valence-electron chi connectivity index (χ2n) is 17.7. The van der Waals surface area contributed by atoms with Crippen LogP contribution >= 0.6 is 0 Å². The smallest absolute Gasteiger partial charge is 0.306 e. The quantitative estimate of drug-likeness (QED) is 0.0262. The highest BCUT2D eigenvalue weighted by Crippen LogP contribution is 2.13. The van der Waals surface area contributed by atoms with Gasteiger partial charge in [0.2, 0.25) is 0 Å². The average molecular weight is 978 g/mol. The minimum absolute atomic E-state index is 0.150. The molecule has 0 amide bonds. The number of unbranched alkanes of at least 4 members (excludes halogenated alkanes) is 11. The van der Waals surface area contributed by atoms with E-state index in [9.17, 15) is 14.4 Å². The van der Waals surface area contributed by atoms with Crippen LogP contribution in [0.2, 0.25) is 0 Å². The molecule has 0 aromatic carbocycles. The Morgan fingerprint density at radius 2 is 0.577 bits per heavy atom. The SMILES string of the molecule is CC/C=C\C/C=C\C/C=C\C/C=C\C/C=C\C/C=C\CCC(=O)OCC(COC(=O)CC/C=C\C/C=C\C/C=C\C/C=C\C/C=C\C/C=C\CC)OC(=O)CCCCCCCCC/C=C\CCCCCC. The van der Waals surface area contributed by atoms with E-state index < -0.39 is 6.10 Å². The maximum Gasteiger partial charge on any atom is 0.306 e. The molecule has 0 fully saturated rings. The van der Waals surface area contributed by atoms with Crippen LogP contribution in [0.25, 0.3) is 0 Å². The average Bonchev–Trinajstić information content (AvgIpc) is 3.37. The summed E-state index contributed by atoms with van der Waals surface area (Å²) in [6.07, 6.45) is 83.9. The van der Waals surface area contributed by atoms with Gasteiger partial charge in [-0.1, -0.05) is 230 Å². The van der Waals surface area contributed by atoms with Gasteiger partial charge in [-0.3, -0.25) is 14.4 Å². The van der Waals surface area contributed by atoms with Crippen molar-refractivity contribution in [3.05, 3.63) is 158 Å². The van der Waals surface area contributed by atoms with Crippen molar-refractivity contribution in [2.24, 2.45) is 0 Å². The molecule has 6 nitrogen and oxygen atoms in total. The van der Waals surface area contributed by atoms with E-state index in [4.69, 9.17) is 14.2 Å². The lowest BCUT2D eigenvalue weighted by Gasteiger charge is -2.18. The largest absolute Gasteiger partial charge is 0.462 e. The standard InChI is InChI=1S/C65H100O6/c1-4-7-10-13-16-19-22-25-28-30-32-34-37-39-42-45-48-51-54-57-63(66)69-60-62(71-65(68)59-56-53-50-47-44-41-36-27-24-21-18-15-12-9-6-3)61-70-64(67)58-55-52-49-46-43-40-38-35-33-31-29-26-23-20-17-14-11-8-5-2/h7-8,10-11,16-17,19-21,24-26,28-29,32-35,39-40,42-43,48-49,51-52,62H,4-6,9,12-15,18,22-23,27,30-31,36-38,41,44-47,50,53-61H2,1-3H3/b10-7-,11-8-,19-16-,20-17-,24-21-,28-25-,29-26-,34-32-,35-33-,42-39-,43-40-,51-48-,52-49-. The van der Waals surface area contributed by atoms with Crippen LogP contribution in [0.5, 0.6) is 0 Å². The van der Waals surface area contributed by atoms with Crippen LogP contribution in [0.15, 0.2) is 158 Å². The lowest BCUT2D eigenvalue weighted by molar-refractivity contribution is -0.166. The summed E-state index contributed by atoms with van der Waals surface area (Å²) in [6, 6.07) is 0. The predicted molar refractivity (Wildman–Crippen MR) is 306 cm³/mol. The van der Waals surface area contributed by atoms with E-state index in [-0.39, 0.29) is 50.4 Å². The molecule has 6 heteroatoms. The molecule has 71 heavy (non-hydrogen) atoms. The fraction of sp³-hybridized carbons (Fsp3) is 0.554. The van der Waals surface area contributed by atoms with Crippen molar-refractivity contribution < 1.29 is 28.6 Å². The van der Waals surface area contributed by atoms with Crippen LogP contribution in [0.3, 0.4) is 0 Å². The third-order valence-electron chi connectivity index (χ3n) is 11.0. The Morgan fingerprint density at radius 1 is 0.296 bits per heavy atom. The van der Waals surface area contributed by atoms with E-state index in [0.29, 0.717) is 12.8 Å². The molecule has 0 atom stereocenters. The predicted octanol–water partition coefficient (Wildman–Crippen LogP) is 19.0. The molecule has 0 saturated heterocycles. The van der Waals surface area contributed by atoms with E-state index in [2.05, 4.69) is 154 Å². The fourth-order valence-corrected chi connectivity index (χ4v) is 6.90. The number of ether oxygens (including phenoxy) is 3. The van der Waals surface area contributed by atoms with Crippen molar-refractivity contribution in [3.63, 3.8) is 0 Å². The summed E-state index contributed by atoms with van der Waals surface area (Å²) in [5.74, 6) is -1.12. The summed E-state index contributed by atoms with van der Waals surface area (Å²) in [5.41, 5.74) is 0. The number of hydrogen-bond donors (Lipinski definition) is 0. The highest BCUT2D eigenvalue weighted by Gasteiger charge is 2.19. The summed E-state index contributed by atoms with van der Waals surface area (Å²) in [5, 5.41) is 0. The Kier molecular flexibility index (Phi) is 53.6. The van der Waals surface area contributed by atoms with Crippen molar-refractivity contribution >= 4 is 17.9 Å².